The molecular formula is C14H24FN3O2. The number of ether oxygens (including phenoxy) is 1. The summed E-state index contributed by atoms with van der Waals surface area (Å²) in [6, 6.07) is -0.468. The van der Waals surface area contributed by atoms with Crippen LogP contribution in [0.4, 0.5) is 9.18 Å². The Bertz CT molecular complexity index is 385. The molecule has 1 heterocycles. The van der Waals surface area contributed by atoms with Crippen LogP contribution >= 0.6 is 0 Å². The summed E-state index contributed by atoms with van der Waals surface area (Å²) < 4.78 is 18.6. The van der Waals surface area contributed by atoms with E-state index in [4.69, 9.17) is 5.73 Å². The minimum absolute atomic E-state index is 0.0537. The van der Waals surface area contributed by atoms with Crippen molar-refractivity contribution in [3.05, 3.63) is 23.9 Å². The van der Waals surface area contributed by atoms with E-state index in [1.165, 1.54) is 12.0 Å². The Morgan fingerprint density at radius 3 is 2.85 bits per heavy atom. The van der Waals surface area contributed by atoms with Gasteiger partial charge in [0.1, 0.15) is 6.17 Å². The highest BCUT2D eigenvalue weighted by Gasteiger charge is 2.31. The highest BCUT2D eigenvalue weighted by Crippen LogP contribution is 2.15. The van der Waals surface area contributed by atoms with Gasteiger partial charge in [-0.1, -0.05) is 12.2 Å². The summed E-state index contributed by atoms with van der Waals surface area (Å²) in [6.07, 6.45) is 4.46. The number of alkyl halides is 1. The molecule has 1 fully saturated rings. The molecule has 1 amide bonds. The molecule has 0 aromatic rings. The standard InChI is InChI=1S/C14H24FN3O2/c1-4-5-12(16)10(2)8-17-13-6-7-18(9-11(13)15)14(19)20-3/h4-5,8,11-13,17H,6-7,9,16H2,1-3H3/b5-4-,10-8+/t11-,12?,13+/m1/s1. The maximum atomic E-state index is 14.0. The maximum Gasteiger partial charge on any atom is 0.409 e. The average molecular weight is 285 g/mol. The van der Waals surface area contributed by atoms with Gasteiger partial charge in [0.15, 0.2) is 0 Å². The number of amides is 1. The maximum absolute atomic E-state index is 14.0. The van der Waals surface area contributed by atoms with Crippen LogP contribution in [0.25, 0.3) is 0 Å². The van der Waals surface area contributed by atoms with Crippen LogP contribution < -0.4 is 11.1 Å². The van der Waals surface area contributed by atoms with Crippen molar-refractivity contribution in [1.29, 1.82) is 0 Å². The number of nitrogens with zero attached hydrogens (tertiary/aromatic N) is 1. The second-order valence-corrected chi connectivity index (χ2v) is 4.93. The number of methoxy groups -OCH3 is 1. The van der Waals surface area contributed by atoms with Crippen molar-refractivity contribution in [1.82, 2.24) is 10.2 Å². The number of nitrogens with two attached hydrogens (primary N) is 1. The first-order chi connectivity index (χ1) is 9.49. The van der Waals surface area contributed by atoms with E-state index in [1.54, 1.807) is 6.20 Å². The fourth-order valence-corrected chi connectivity index (χ4v) is 2.08. The third-order valence-electron chi connectivity index (χ3n) is 3.42. The normalized spacial score (nSPS) is 25.6. The summed E-state index contributed by atoms with van der Waals surface area (Å²) in [7, 11) is 1.30. The first-order valence-corrected chi connectivity index (χ1v) is 6.77. The van der Waals surface area contributed by atoms with Crippen LogP contribution in [0.1, 0.15) is 20.3 Å². The van der Waals surface area contributed by atoms with Crippen LogP contribution in [0.15, 0.2) is 23.9 Å². The van der Waals surface area contributed by atoms with Crippen molar-refractivity contribution < 1.29 is 13.9 Å². The van der Waals surface area contributed by atoms with Gasteiger partial charge in [-0.25, -0.2) is 9.18 Å². The number of piperidine rings is 1. The lowest BCUT2D eigenvalue weighted by atomic mass is 10.0. The van der Waals surface area contributed by atoms with Crippen molar-refractivity contribution in [2.24, 2.45) is 5.73 Å². The molecule has 1 rings (SSSR count). The molecular weight excluding hydrogens is 261 g/mol. The lowest BCUT2D eigenvalue weighted by Gasteiger charge is -2.34. The first kappa shape index (κ1) is 16.5. The molecule has 1 saturated heterocycles. The summed E-state index contributed by atoms with van der Waals surface area (Å²) in [5.41, 5.74) is 6.84. The molecule has 0 radical (unpaired) electrons. The van der Waals surface area contributed by atoms with Gasteiger partial charge in [0.05, 0.1) is 19.7 Å². The topological polar surface area (TPSA) is 67.6 Å². The average Bonchev–Trinajstić information content (AvgIpc) is 2.44. The number of allylic oxidation sites excluding steroid dienone is 1. The van der Waals surface area contributed by atoms with E-state index >= 15 is 0 Å². The zero-order chi connectivity index (χ0) is 15.1. The van der Waals surface area contributed by atoms with E-state index < -0.39 is 12.3 Å². The van der Waals surface area contributed by atoms with Crippen molar-refractivity contribution in [2.75, 3.05) is 20.2 Å². The Labute approximate surface area is 119 Å². The second-order valence-electron chi connectivity index (χ2n) is 4.93. The predicted molar refractivity (Wildman–Crippen MR) is 77.0 cm³/mol. The zero-order valence-corrected chi connectivity index (χ0v) is 12.3. The minimum atomic E-state index is -1.12. The van der Waals surface area contributed by atoms with Gasteiger partial charge in [-0.05, 0) is 32.0 Å². The Hall–Kier alpha value is -1.56. The molecule has 3 N–H and O–H groups in total. The largest absolute Gasteiger partial charge is 0.453 e. The highest BCUT2D eigenvalue weighted by molar-refractivity contribution is 5.67. The van der Waals surface area contributed by atoms with Crippen molar-refractivity contribution in [3.8, 4) is 0 Å². The number of likely N-dealkylation sites (tertiary alicyclic amines) is 1. The molecule has 1 aliphatic rings. The Morgan fingerprint density at radius 2 is 2.30 bits per heavy atom. The van der Waals surface area contributed by atoms with Gasteiger partial charge >= 0.3 is 6.09 Å². The van der Waals surface area contributed by atoms with Gasteiger partial charge in [-0.15, -0.1) is 0 Å². The molecule has 0 spiro atoms. The van der Waals surface area contributed by atoms with Crippen LogP contribution in [-0.2, 0) is 4.74 Å². The SMILES string of the molecule is C/C=C\C(N)/C(C)=C/N[C@H]1CCN(C(=O)OC)C[C@H]1F. The molecule has 5 nitrogen and oxygen atoms in total. The Morgan fingerprint density at radius 1 is 1.60 bits per heavy atom. The molecule has 3 atom stereocenters. The highest BCUT2D eigenvalue weighted by atomic mass is 19.1. The fourth-order valence-electron chi connectivity index (χ4n) is 2.08. The number of carbonyl (C=O) groups excluding carboxylic acids is 1. The Balaban J connectivity index is 2.51. The fraction of sp³-hybridized carbons (Fsp3) is 0.643. The lowest BCUT2D eigenvalue weighted by Crippen LogP contribution is -2.51. The van der Waals surface area contributed by atoms with E-state index in [-0.39, 0.29) is 18.6 Å². The van der Waals surface area contributed by atoms with Gasteiger partial charge < -0.3 is 20.7 Å². The first-order valence-electron chi connectivity index (χ1n) is 6.77. The van der Waals surface area contributed by atoms with Crippen molar-refractivity contribution in [3.63, 3.8) is 0 Å². The van der Waals surface area contributed by atoms with Crippen LogP contribution in [0.5, 0.6) is 0 Å². The van der Waals surface area contributed by atoms with Gasteiger partial charge in [-0.3, -0.25) is 0 Å². The zero-order valence-electron chi connectivity index (χ0n) is 12.3. The third-order valence-corrected chi connectivity index (χ3v) is 3.42. The van der Waals surface area contributed by atoms with Crippen molar-refractivity contribution >= 4 is 6.09 Å². The third kappa shape index (κ3) is 4.52. The van der Waals surface area contributed by atoms with Gasteiger partial charge in [0.25, 0.3) is 0 Å². The number of carbonyl (C=O) groups is 1. The number of hydrogen-bond acceptors (Lipinski definition) is 4. The van der Waals surface area contributed by atoms with Gasteiger partial charge in [-0.2, -0.15) is 0 Å². The molecule has 0 bridgehead atoms. The lowest BCUT2D eigenvalue weighted by molar-refractivity contribution is 0.0796. The summed E-state index contributed by atoms with van der Waals surface area (Å²) in [5, 5.41) is 3.06. The number of hydrogen-bond donors (Lipinski definition) is 2. The molecule has 0 aromatic carbocycles. The minimum Gasteiger partial charge on any atom is -0.453 e. The van der Waals surface area contributed by atoms with E-state index in [1.807, 2.05) is 26.0 Å². The number of nitrogens with one attached hydrogen (secondary N) is 1. The predicted octanol–water partition coefficient (Wildman–Crippen LogP) is 1.56. The summed E-state index contributed by atoms with van der Waals surface area (Å²) >= 11 is 0. The molecule has 0 saturated carbocycles. The van der Waals surface area contributed by atoms with E-state index in [0.29, 0.717) is 13.0 Å². The molecule has 20 heavy (non-hydrogen) atoms. The van der Waals surface area contributed by atoms with Crippen molar-refractivity contribution in [2.45, 2.75) is 38.5 Å². The van der Waals surface area contributed by atoms with Crippen LogP contribution in [0, 0.1) is 0 Å². The summed E-state index contributed by atoms with van der Waals surface area (Å²) in [4.78, 5) is 12.7. The quantitative estimate of drug-likeness (QED) is 0.769. The smallest absolute Gasteiger partial charge is 0.409 e. The molecule has 0 aliphatic carbocycles. The monoisotopic (exact) mass is 285 g/mol. The molecule has 114 valence electrons. The summed E-state index contributed by atoms with van der Waals surface area (Å²) in [6.45, 7) is 4.34. The summed E-state index contributed by atoms with van der Waals surface area (Å²) in [5.74, 6) is 0. The van der Waals surface area contributed by atoms with E-state index in [9.17, 15) is 9.18 Å². The second kappa shape index (κ2) is 7.89. The van der Waals surface area contributed by atoms with E-state index in [0.717, 1.165) is 5.57 Å². The van der Waals surface area contributed by atoms with Crippen LogP contribution in [-0.4, -0.2) is 49.4 Å². The molecule has 1 unspecified atom stereocenters. The van der Waals surface area contributed by atoms with Gasteiger partial charge in [0, 0.05) is 12.6 Å². The van der Waals surface area contributed by atoms with Crippen LogP contribution in [0.3, 0.4) is 0 Å². The number of halogens is 1. The van der Waals surface area contributed by atoms with Gasteiger partial charge in [0.2, 0.25) is 0 Å². The van der Waals surface area contributed by atoms with Crippen LogP contribution in [0.2, 0.25) is 0 Å². The Kier molecular flexibility index (Phi) is 6.51. The molecule has 0 aromatic heterocycles. The van der Waals surface area contributed by atoms with E-state index in [2.05, 4.69) is 10.1 Å². The molecule has 6 heteroatoms. The number of rotatable bonds is 4. The molecule has 1 aliphatic heterocycles.